The van der Waals surface area contributed by atoms with Crippen LogP contribution in [-0.4, -0.2) is 82.0 Å². The summed E-state index contributed by atoms with van der Waals surface area (Å²) in [6.45, 7) is 12.2. The van der Waals surface area contributed by atoms with Gasteiger partial charge in [-0.2, -0.15) is 0 Å². The van der Waals surface area contributed by atoms with Gasteiger partial charge >= 0.3 is 42.7 Å². The molecule has 12 rings (SSSR count). The first kappa shape index (κ1) is 72.3. The topological polar surface area (TPSA) is 261 Å². The Kier molecular flexibility index (Phi) is 25.0. The van der Waals surface area contributed by atoms with Crippen molar-refractivity contribution in [2.45, 2.75) is 62.8 Å². The van der Waals surface area contributed by atoms with Gasteiger partial charge in [0.2, 0.25) is 11.8 Å². The third-order valence-electron chi connectivity index (χ3n) is 13.7. The van der Waals surface area contributed by atoms with Crippen LogP contribution in [0.15, 0.2) is 167 Å². The third kappa shape index (κ3) is 17.8. The molecule has 20 nitrogen and oxygen atoms in total. The molecular formula is C67H64BBrF4N13O7S. The van der Waals surface area contributed by atoms with Crippen molar-refractivity contribution in [3.05, 3.63) is 214 Å². The van der Waals surface area contributed by atoms with Crippen molar-refractivity contribution in [3.8, 4) is 44.5 Å². The zero-order chi connectivity index (χ0) is 68.0. The summed E-state index contributed by atoms with van der Waals surface area (Å²) in [6, 6.07) is 34.7. The molecule has 6 N–H and O–H groups in total. The van der Waals surface area contributed by atoms with Crippen molar-refractivity contribution in [1.82, 2.24) is 37.5 Å². The van der Waals surface area contributed by atoms with Crippen LogP contribution in [0.4, 0.5) is 40.8 Å². The summed E-state index contributed by atoms with van der Waals surface area (Å²) in [7, 11) is 5.62. The van der Waals surface area contributed by atoms with E-state index in [0.717, 1.165) is 55.8 Å². The van der Waals surface area contributed by atoms with Crippen molar-refractivity contribution in [2.24, 2.45) is 4.30 Å². The van der Waals surface area contributed by atoms with E-state index in [-0.39, 0.29) is 54.0 Å². The summed E-state index contributed by atoms with van der Waals surface area (Å²) in [5.74, 6) is -1.46. The van der Waals surface area contributed by atoms with Gasteiger partial charge in [0.15, 0.2) is 23.1 Å². The van der Waals surface area contributed by atoms with Gasteiger partial charge in [0.1, 0.15) is 56.3 Å². The van der Waals surface area contributed by atoms with Gasteiger partial charge in [-0.3, -0.25) is 28.0 Å². The second-order valence-corrected chi connectivity index (χ2v) is 21.2. The molecule has 0 aliphatic carbocycles. The first-order valence-corrected chi connectivity index (χ1v) is 29.0. The van der Waals surface area contributed by atoms with E-state index < -0.39 is 17.9 Å². The summed E-state index contributed by atoms with van der Waals surface area (Å²) >= 11 is 6.62. The molecule has 0 spiro atoms. The van der Waals surface area contributed by atoms with E-state index in [0.29, 0.717) is 55.6 Å². The van der Waals surface area contributed by atoms with Crippen molar-refractivity contribution in [2.75, 3.05) is 29.2 Å². The fourth-order valence-corrected chi connectivity index (χ4v) is 9.86. The molecule has 483 valence electrons. The summed E-state index contributed by atoms with van der Waals surface area (Å²) < 4.78 is 73.7. The number of nitrogens with one attached hydrogen (secondary N) is 2. The number of carbonyl (C=O) groups excluding carboxylic acids is 5. The van der Waals surface area contributed by atoms with Gasteiger partial charge in [-0.15, -0.1) is 0 Å². The minimum absolute atomic E-state index is 0. The number of fused-ring (bicyclic) bond motifs is 4. The van der Waals surface area contributed by atoms with E-state index in [9.17, 15) is 41.5 Å². The maximum absolute atomic E-state index is 13.7. The van der Waals surface area contributed by atoms with Crippen LogP contribution in [0.5, 0.6) is 0 Å². The number of esters is 3. The van der Waals surface area contributed by atoms with Crippen LogP contribution >= 0.6 is 28.7 Å². The molecule has 0 aliphatic rings. The van der Waals surface area contributed by atoms with Crippen LogP contribution in [0, 0.1) is 51.0 Å². The van der Waals surface area contributed by atoms with Gasteiger partial charge in [-0.1, -0.05) is 56.0 Å². The van der Waals surface area contributed by atoms with Crippen LogP contribution in [0.2, 0.25) is 0 Å². The number of nitrogen functional groups attached to an aromatic ring is 2. The molecule has 8 aromatic heterocycles. The molecule has 0 saturated heterocycles. The number of thiol groups is 1. The van der Waals surface area contributed by atoms with Crippen LogP contribution < -0.4 is 22.1 Å². The number of carbonyl (C=O) groups is 5. The van der Waals surface area contributed by atoms with E-state index >= 15 is 0 Å². The normalized spacial score (nSPS) is 10.3. The zero-order valence-electron chi connectivity index (χ0n) is 51.5. The van der Waals surface area contributed by atoms with E-state index in [1.54, 1.807) is 81.0 Å². The van der Waals surface area contributed by atoms with Gasteiger partial charge in [0, 0.05) is 52.5 Å². The van der Waals surface area contributed by atoms with Gasteiger partial charge < -0.3 is 40.4 Å². The Morgan fingerprint density at radius 1 is 0.521 bits per heavy atom. The Labute approximate surface area is 552 Å². The summed E-state index contributed by atoms with van der Waals surface area (Å²) in [4.78, 5) is 70.6. The fraction of sp³-hybridized carbons (Fsp3) is 0.149. The third-order valence-corrected chi connectivity index (χ3v) is 14.5. The number of hydrogen-bond acceptors (Lipinski definition) is 15. The van der Waals surface area contributed by atoms with Gasteiger partial charge in [0.05, 0.1) is 19.5 Å². The summed E-state index contributed by atoms with van der Waals surface area (Å²) in [5, 5.41) is 5.31. The van der Waals surface area contributed by atoms with Crippen LogP contribution in [0.1, 0.15) is 67.9 Å². The van der Waals surface area contributed by atoms with E-state index in [1.807, 2.05) is 98.5 Å². The Morgan fingerprint density at radius 3 is 1.29 bits per heavy atom. The molecule has 4 aromatic carbocycles. The average molecular weight is 1360 g/mol. The molecule has 27 heteroatoms. The molecular weight excluding hydrogens is 1300 g/mol. The van der Waals surface area contributed by atoms with Gasteiger partial charge in [-0.05, 0) is 183 Å². The van der Waals surface area contributed by atoms with Gasteiger partial charge in [-0.25, -0.2) is 42.3 Å². The molecule has 0 fully saturated rings. The number of rotatable bonds is 7. The maximum atomic E-state index is 13.7. The number of nitrogens with zero attached hydrogens (tertiary/aromatic N) is 9. The molecule has 0 bridgehead atoms. The van der Waals surface area contributed by atoms with Crippen molar-refractivity contribution >= 4 is 112 Å². The Morgan fingerprint density at radius 2 is 0.894 bits per heavy atom. The number of amides is 2. The van der Waals surface area contributed by atoms with Crippen molar-refractivity contribution in [3.63, 3.8) is 0 Å². The Balaban J connectivity index is 0.000000189. The van der Waals surface area contributed by atoms with Crippen LogP contribution in [-0.2, 0) is 28.7 Å². The predicted molar refractivity (Wildman–Crippen MR) is 364 cm³/mol. The second-order valence-electron chi connectivity index (χ2n) is 20.3. The number of pyridine rings is 4. The van der Waals surface area contributed by atoms with Crippen molar-refractivity contribution in [1.29, 1.82) is 0 Å². The number of imidazole rings is 4. The van der Waals surface area contributed by atoms with Crippen LogP contribution in [0.25, 0.3) is 67.1 Å². The number of hydrogen-bond donors (Lipinski definition) is 5. The Bertz CT molecular complexity index is 4790. The first-order chi connectivity index (χ1) is 44.2. The molecule has 0 saturated carbocycles. The van der Waals surface area contributed by atoms with E-state index in [4.69, 9.17) is 16.2 Å². The molecule has 0 atom stereocenters. The van der Waals surface area contributed by atoms with Crippen molar-refractivity contribution < 1.29 is 51.0 Å². The van der Waals surface area contributed by atoms with Gasteiger partial charge in [0.25, 0.3) is 0 Å². The fourth-order valence-electron chi connectivity index (χ4n) is 9.39. The van der Waals surface area contributed by atoms with E-state index in [1.165, 1.54) is 59.1 Å². The molecule has 94 heavy (non-hydrogen) atoms. The molecule has 8 heterocycles. The number of ether oxygens (including phenoxy) is 2. The summed E-state index contributed by atoms with van der Waals surface area (Å²) in [5.41, 5.74) is 23.4. The number of benzene rings is 4. The summed E-state index contributed by atoms with van der Waals surface area (Å²) in [6.07, 6.45) is 10.8. The number of aromatic nitrogens is 8. The molecule has 0 aliphatic heterocycles. The molecule has 0 unspecified atom stereocenters. The predicted octanol–water partition coefficient (Wildman–Crippen LogP) is 14.3. The minimum atomic E-state index is -0.571. The second kappa shape index (κ2) is 32.5. The first-order valence-electron chi connectivity index (χ1n) is 27.8. The number of anilines is 4. The average Bonchev–Trinajstić information content (AvgIpc) is 1.72. The standard InChI is InChI=1S/C16H13BrFN3O.C16H14FN3O2.C16H14FN3O.C14H12FN3.C4H6O3.CH4.BHNS/c1-9-12(4-3-5-13(9)18)11-6-7-14-20-16(19-10(2)22)15(17)21(14)8-11;1-9-11(4-3-5-12(9)17)10-6-7-13-19-15(18)14(16(21)22-2)20(13)8-10;1-10-13(4-3-5-14(10)17)12-6-7-16-19-15(18-11(2)21)9-20(16)8-12;1-9-11(3-2-4-12(9)15)10-5-6-14-17-13(16)8-18(14)7-10;1-3(5)7-4(2)6;;1-2-3/h3-8H,1-2H3,(H,19,22);3-8H,18H2,1-2H3;3-9H,1-2H3,(H,18,21);2-8H,16H2,1H3;1-2H3;1H4;3H. The number of halogens is 5. The molecule has 1 radical (unpaired) electrons. The number of methoxy groups -OCH3 is 1. The SMILES string of the molecule is C.CC(=O)Nc1cn2cc(-c3cccc(F)c3C)ccc2n1.CC(=O)Nc1nc2ccc(-c3cccc(F)c3C)cn2c1Br.CC(=O)OC(C)=O.COC(=O)c1c(N)nc2ccc(-c3cccc(F)c3C)cn12.Cc1c(F)cccc1-c1ccc2nc(N)cn2c1.[B]=NS. The molecule has 12 aromatic rings. The number of nitrogens with two attached hydrogens (primary N) is 2. The zero-order valence-corrected chi connectivity index (χ0v) is 53.9. The van der Waals surface area contributed by atoms with Crippen LogP contribution in [0.3, 0.4) is 0 Å². The quantitative estimate of drug-likeness (QED) is 0.0327. The molecule has 2 amide bonds. The Hall–Kier alpha value is -10.8. The van der Waals surface area contributed by atoms with E-state index in [2.05, 4.69) is 76.0 Å². The monoisotopic (exact) mass is 1360 g/mol.